The molecular formula is C10H19N3OS. The normalized spacial score (nSPS) is 13.0. The number of carbonyl (C=O) groups excluding carboxylic acids is 1. The van der Waals surface area contributed by atoms with Crippen LogP contribution in [-0.4, -0.2) is 30.5 Å². The molecule has 0 aromatic carbocycles. The summed E-state index contributed by atoms with van der Waals surface area (Å²) < 4.78 is 0. The largest absolute Gasteiger partial charge is 0.353 e. The fourth-order valence-electron chi connectivity index (χ4n) is 0.855. The van der Waals surface area contributed by atoms with E-state index in [9.17, 15) is 4.79 Å². The van der Waals surface area contributed by atoms with Crippen LogP contribution in [0.25, 0.3) is 0 Å². The van der Waals surface area contributed by atoms with Gasteiger partial charge in [0.1, 0.15) is 0 Å². The third-order valence-corrected chi connectivity index (χ3v) is 2.62. The van der Waals surface area contributed by atoms with Crippen LogP contribution in [0.5, 0.6) is 0 Å². The molecule has 15 heavy (non-hydrogen) atoms. The van der Waals surface area contributed by atoms with Crippen molar-refractivity contribution in [2.75, 3.05) is 18.6 Å². The quantitative estimate of drug-likeness (QED) is 0.704. The van der Waals surface area contributed by atoms with Crippen LogP contribution in [0.4, 0.5) is 0 Å². The maximum absolute atomic E-state index is 11.5. The molecule has 0 radical (unpaired) electrons. The minimum absolute atomic E-state index is 0.174. The molecule has 0 saturated carbocycles. The third-order valence-electron chi connectivity index (χ3n) is 1.98. The van der Waals surface area contributed by atoms with Gasteiger partial charge in [-0.05, 0) is 32.3 Å². The second-order valence-corrected chi connectivity index (χ2v) is 5.09. The number of nitrogens with two attached hydrogens (primary N) is 1. The van der Waals surface area contributed by atoms with Crippen molar-refractivity contribution < 1.29 is 4.79 Å². The Labute approximate surface area is 95.6 Å². The van der Waals surface area contributed by atoms with Gasteiger partial charge in [0.05, 0.1) is 17.5 Å². The molecule has 0 rings (SSSR count). The Morgan fingerprint density at radius 3 is 2.73 bits per heavy atom. The zero-order valence-corrected chi connectivity index (χ0v) is 10.4. The van der Waals surface area contributed by atoms with E-state index in [2.05, 4.69) is 11.4 Å². The van der Waals surface area contributed by atoms with E-state index in [1.807, 2.05) is 6.26 Å². The monoisotopic (exact) mass is 229 g/mol. The van der Waals surface area contributed by atoms with Crippen molar-refractivity contribution in [3.05, 3.63) is 0 Å². The minimum atomic E-state index is -0.533. The Bertz CT molecular complexity index is 248. The first kappa shape index (κ1) is 14.3. The minimum Gasteiger partial charge on any atom is -0.353 e. The van der Waals surface area contributed by atoms with Crippen molar-refractivity contribution >= 4 is 17.7 Å². The lowest BCUT2D eigenvalue weighted by molar-refractivity contribution is -0.122. The molecule has 0 saturated heterocycles. The molecule has 5 heteroatoms. The SMILES string of the molecule is CSCC[C@H](N)C(=O)NCC(C)(C)C#N. The van der Waals surface area contributed by atoms with Crippen LogP contribution in [0.2, 0.25) is 0 Å². The van der Waals surface area contributed by atoms with E-state index in [-0.39, 0.29) is 5.91 Å². The molecule has 0 aliphatic heterocycles. The molecule has 0 aromatic heterocycles. The van der Waals surface area contributed by atoms with Crippen LogP contribution in [0.1, 0.15) is 20.3 Å². The van der Waals surface area contributed by atoms with Gasteiger partial charge < -0.3 is 11.1 Å². The number of nitrogens with one attached hydrogen (secondary N) is 1. The predicted octanol–water partition coefficient (Wildman–Crippen LogP) is 0.733. The van der Waals surface area contributed by atoms with E-state index in [4.69, 9.17) is 11.0 Å². The zero-order valence-electron chi connectivity index (χ0n) is 9.54. The highest BCUT2D eigenvalue weighted by Crippen LogP contribution is 2.10. The van der Waals surface area contributed by atoms with Crippen molar-refractivity contribution in [2.45, 2.75) is 26.3 Å². The smallest absolute Gasteiger partial charge is 0.236 e. The van der Waals surface area contributed by atoms with Crippen molar-refractivity contribution in [1.29, 1.82) is 5.26 Å². The summed E-state index contributed by atoms with van der Waals surface area (Å²) in [5.74, 6) is 0.698. The van der Waals surface area contributed by atoms with Gasteiger partial charge in [0.2, 0.25) is 5.91 Å². The number of carbonyl (C=O) groups is 1. The van der Waals surface area contributed by atoms with E-state index in [0.29, 0.717) is 13.0 Å². The maximum atomic E-state index is 11.5. The second-order valence-electron chi connectivity index (χ2n) is 4.10. The lowest BCUT2D eigenvalue weighted by atomic mass is 9.96. The highest BCUT2D eigenvalue weighted by atomic mass is 32.2. The zero-order chi connectivity index (χ0) is 11.9. The Balaban J connectivity index is 3.89. The molecule has 0 aliphatic carbocycles. The first-order valence-corrected chi connectivity index (χ1v) is 6.26. The van der Waals surface area contributed by atoms with Crippen LogP contribution in [0.3, 0.4) is 0 Å². The molecule has 0 heterocycles. The number of amides is 1. The van der Waals surface area contributed by atoms with Gasteiger partial charge >= 0.3 is 0 Å². The highest BCUT2D eigenvalue weighted by Gasteiger charge is 2.19. The van der Waals surface area contributed by atoms with Gasteiger partial charge in [-0.1, -0.05) is 0 Å². The van der Waals surface area contributed by atoms with Gasteiger partial charge in [0, 0.05) is 6.54 Å². The van der Waals surface area contributed by atoms with Crippen LogP contribution in [0.15, 0.2) is 0 Å². The first-order valence-electron chi connectivity index (χ1n) is 4.86. The van der Waals surface area contributed by atoms with Crippen molar-refractivity contribution in [2.24, 2.45) is 11.1 Å². The lowest BCUT2D eigenvalue weighted by Crippen LogP contribution is -2.44. The summed E-state index contributed by atoms with van der Waals surface area (Å²) >= 11 is 1.66. The molecule has 0 aromatic rings. The number of rotatable bonds is 6. The molecule has 4 nitrogen and oxygen atoms in total. The molecule has 0 aliphatic rings. The molecular weight excluding hydrogens is 210 g/mol. The third kappa shape index (κ3) is 6.37. The number of hydrogen-bond acceptors (Lipinski definition) is 4. The van der Waals surface area contributed by atoms with E-state index >= 15 is 0 Å². The van der Waals surface area contributed by atoms with E-state index in [0.717, 1.165) is 5.75 Å². The standard InChI is InChI=1S/C10H19N3OS/c1-10(2,6-11)7-13-9(14)8(12)4-5-15-3/h8H,4-5,7,12H2,1-3H3,(H,13,14)/t8-/m0/s1. The van der Waals surface area contributed by atoms with E-state index < -0.39 is 11.5 Å². The van der Waals surface area contributed by atoms with Crippen molar-refractivity contribution in [1.82, 2.24) is 5.32 Å². The summed E-state index contributed by atoms with van der Waals surface area (Å²) in [5.41, 5.74) is 5.13. The van der Waals surface area contributed by atoms with Gasteiger partial charge in [-0.15, -0.1) is 0 Å². The van der Waals surface area contributed by atoms with Crippen molar-refractivity contribution in [3.8, 4) is 6.07 Å². The number of thioether (sulfide) groups is 1. The molecule has 1 atom stereocenters. The summed E-state index contributed by atoms with van der Waals surface area (Å²) in [5, 5.41) is 11.4. The van der Waals surface area contributed by atoms with Crippen LogP contribution in [0, 0.1) is 16.7 Å². The predicted molar refractivity (Wildman–Crippen MR) is 63.4 cm³/mol. The number of nitriles is 1. The van der Waals surface area contributed by atoms with Crippen LogP contribution < -0.4 is 11.1 Å². The van der Waals surface area contributed by atoms with E-state index in [1.165, 1.54) is 0 Å². The Morgan fingerprint density at radius 1 is 1.67 bits per heavy atom. The lowest BCUT2D eigenvalue weighted by Gasteiger charge is -2.18. The van der Waals surface area contributed by atoms with Gasteiger partial charge in [-0.2, -0.15) is 17.0 Å². The fourth-order valence-corrected chi connectivity index (χ4v) is 1.34. The molecule has 1 amide bonds. The Morgan fingerprint density at radius 2 is 2.27 bits per heavy atom. The first-order chi connectivity index (χ1) is 6.93. The summed E-state index contributed by atoms with van der Waals surface area (Å²) in [6.07, 6.45) is 2.64. The molecule has 86 valence electrons. The van der Waals surface area contributed by atoms with Gasteiger partial charge in [-0.3, -0.25) is 4.79 Å². The summed E-state index contributed by atoms with van der Waals surface area (Å²) in [4.78, 5) is 11.5. The molecule has 0 fully saturated rings. The molecule has 0 bridgehead atoms. The van der Waals surface area contributed by atoms with E-state index in [1.54, 1.807) is 25.6 Å². The van der Waals surface area contributed by atoms with Gasteiger partial charge in [-0.25, -0.2) is 0 Å². The maximum Gasteiger partial charge on any atom is 0.236 e. The highest BCUT2D eigenvalue weighted by molar-refractivity contribution is 7.98. The van der Waals surface area contributed by atoms with Crippen molar-refractivity contribution in [3.63, 3.8) is 0 Å². The van der Waals surface area contributed by atoms with Crippen LogP contribution >= 0.6 is 11.8 Å². The molecule has 3 N–H and O–H groups in total. The molecule has 0 unspecified atom stereocenters. The van der Waals surface area contributed by atoms with Crippen LogP contribution in [-0.2, 0) is 4.79 Å². The second kappa shape index (κ2) is 6.70. The summed E-state index contributed by atoms with van der Waals surface area (Å²) in [6, 6.07) is 1.65. The average molecular weight is 229 g/mol. The number of hydrogen-bond donors (Lipinski definition) is 2. The summed E-state index contributed by atoms with van der Waals surface area (Å²) in [7, 11) is 0. The van der Waals surface area contributed by atoms with Gasteiger partial charge in [0.15, 0.2) is 0 Å². The average Bonchev–Trinajstić information content (AvgIpc) is 2.22. The Hall–Kier alpha value is -0.730. The summed E-state index contributed by atoms with van der Waals surface area (Å²) in [6.45, 7) is 3.90. The number of nitrogens with zero attached hydrogens (tertiary/aromatic N) is 1. The fraction of sp³-hybridized carbons (Fsp3) is 0.800. The Kier molecular flexibility index (Phi) is 6.37. The topological polar surface area (TPSA) is 78.9 Å². The molecule has 0 spiro atoms. The van der Waals surface area contributed by atoms with Gasteiger partial charge in [0.25, 0.3) is 0 Å².